The predicted molar refractivity (Wildman–Crippen MR) is 124 cm³/mol. The zero-order chi connectivity index (χ0) is 24.7. The number of Topliss-reactive ketones (excluding diaryl/α,β-unsaturated/α-hetero) is 1. The molecule has 0 aliphatic carbocycles. The van der Waals surface area contributed by atoms with Crippen LogP contribution in [0.1, 0.15) is 29.3 Å². The number of carbonyl (C=O) groups is 3. The van der Waals surface area contributed by atoms with Gasteiger partial charge in [0.25, 0.3) is 5.91 Å². The molecule has 1 unspecified atom stereocenters. The highest BCUT2D eigenvalue weighted by Crippen LogP contribution is 2.36. The van der Waals surface area contributed by atoms with Crippen molar-refractivity contribution in [2.45, 2.75) is 18.9 Å². The summed E-state index contributed by atoms with van der Waals surface area (Å²) in [6, 6.07) is 10.3. The van der Waals surface area contributed by atoms with Gasteiger partial charge in [-0.25, -0.2) is 13.2 Å². The number of amides is 3. The Morgan fingerprint density at radius 1 is 1.09 bits per heavy atom. The SMILES string of the molecule is CN(c1ccc(C(=O)CN2C(=O)NC(C)(c3ccc4c(c3)OCCCO4)C2=O)cc1)S(C)(=O)=O. The third kappa shape index (κ3) is 4.30. The summed E-state index contributed by atoms with van der Waals surface area (Å²) in [6.45, 7) is 2.13. The number of rotatable bonds is 6. The Kier molecular flexibility index (Phi) is 5.98. The predicted octanol–water partition coefficient (Wildman–Crippen LogP) is 1.89. The van der Waals surface area contributed by atoms with Gasteiger partial charge in [-0.2, -0.15) is 0 Å². The third-order valence-corrected chi connectivity index (χ3v) is 7.16. The molecule has 2 aliphatic rings. The molecule has 34 heavy (non-hydrogen) atoms. The number of ether oxygens (including phenoxy) is 2. The summed E-state index contributed by atoms with van der Waals surface area (Å²) >= 11 is 0. The first kappa shape index (κ1) is 23.6. The molecule has 0 spiro atoms. The molecule has 1 N–H and O–H groups in total. The smallest absolute Gasteiger partial charge is 0.325 e. The summed E-state index contributed by atoms with van der Waals surface area (Å²) in [5.41, 5.74) is -0.228. The van der Waals surface area contributed by atoms with Crippen molar-refractivity contribution in [3.05, 3.63) is 53.6 Å². The molecule has 10 nitrogen and oxygen atoms in total. The van der Waals surface area contributed by atoms with Gasteiger partial charge in [0.15, 0.2) is 17.3 Å². The number of hydrogen-bond acceptors (Lipinski definition) is 7. The molecule has 0 saturated carbocycles. The molecule has 3 amide bonds. The van der Waals surface area contributed by atoms with Gasteiger partial charge in [-0.1, -0.05) is 6.07 Å². The lowest BCUT2D eigenvalue weighted by Crippen LogP contribution is -2.41. The van der Waals surface area contributed by atoms with E-state index in [1.807, 2.05) is 0 Å². The van der Waals surface area contributed by atoms with Gasteiger partial charge in [0.2, 0.25) is 10.0 Å². The second-order valence-corrected chi connectivity index (χ2v) is 10.4. The number of ketones is 1. The van der Waals surface area contributed by atoms with Gasteiger partial charge < -0.3 is 14.8 Å². The van der Waals surface area contributed by atoms with Crippen LogP contribution in [0.3, 0.4) is 0 Å². The maximum absolute atomic E-state index is 13.2. The van der Waals surface area contributed by atoms with E-state index in [0.717, 1.165) is 21.9 Å². The van der Waals surface area contributed by atoms with Crippen LogP contribution in [0.2, 0.25) is 0 Å². The van der Waals surface area contributed by atoms with Crippen LogP contribution in [0.25, 0.3) is 0 Å². The summed E-state index contributed by atoms with van der Waals surface area (Å²) in [5.74, 6) is 0.0410. The summed E-state index contributed by atoms with van der Waals surface area (Å²) in [4.78, 5) is 39.6. The highest BCUT2D eigenvalue weighted by Gasteiger charge is 2.49. The van der Waals surface area contributed by atoms with Gasteiger partial charge in [-0.05, 0) is 48.9 Å². The number of hydrogen-bond donors (Lipinski definition) is 1. The molecule has 1 atom stereocenters. The Bertz CT molecular complexity index is 1260. The van der Waals surface area contributed by atoms with Crippen molar-refractivity contribution in [1.29, 1.82) is 0 Å². The van der Waals surface area contributed by atoms with Crippen molar-refractivity contribution in [1.82, 2.24) is 10.2 Å². The lowest BCUT2D eigenvalue weighted by Gasteiger charge is -2.23. The van der Waals surface area contributed by atoms with Crippen molar-refractivity contribution in [3.8, 4) is 11.5 Å². The standard InChI is InChI=1S/C23H25N3O7S/c1-23(16-7-10-19-20(13-16)33-12-4-11-32-19)21(28)26(22(29)24-23)14-18(27)15-5-8-17(9-6-15)25(2)34(3,30)31/h5-10,13H,4,11-12,14H2,1-3H3,(H,24,29). The molecule has 2 aromatic rings. The van der Waals surface area contributed by atoms with Gasteiger partial charge in [0.1, 0.15) is 5.54 Å². The van der Waals surface area contributed by atoms with Crippen LogP contribution >= 0.6 is 0 Å². The fraction of sp³-hybridized carbons (Fsp3) is 0.348. The molecular formula is C23H25N3O7S. The summed E-state index contributed by atoms with van der Waals surface area (Å²) in [5, 5.41) is 2.68. The topological polar surface area (TPSA) is 122 Å². The van der Waals surface area contributed by atoms with Crippen LogP contribution < -0.4 is 19.1 Å². The van der Waals surface area contributed by atoms with Crippen LogP contribution in [0, 0.1) is 0 Å². The van der Waals surface area contributed by atoms with Gasteiger partial charge in [-0.15, -0.1) is 0 Å². The number of imide groups is 1. The molecule has 2 aromatic carbocycles. The van der Waals surface area contributed by atoms with Crippen molar-refractivity contribution < 1.29 is 32.3 Å². The second kappa shape index (κ2) is 8.64. The number of anilines is 1. The zero-order valence-corrected chi connectivity index (χ0v) is 19.8. The Labute approximate surface area is 197 Å². The van der Waals surface area contributed by atoms with E-state index in [1.165, 1.54) is 31.3 Å². The van der Waals surface area contributed by atoms with Gasteiger partial charge in [-0.3, -0.25) is 18.8 Å². The van der Waals surface area contributed by atoms with E-state index in [0.29, 0.717) is 36.0 Å². The van der Waals surface area contributed by atoms with Crippen molar-refractivity contribution in [2.24, 2.45) is 0 Å². The fourth-order valence-electron chi connectivity index (χ4n) is 3.79. The first-order chi connectivity index (χ1) is 16.0. The first-order valence-electron chi connectivity index (χ1n) is 10.6. The molecule has 1 fully saturated rings. The number of nitrogens with zero attached hydrogens (tertiary/aromatic N) is 2. The number of fused-ring (bicyclic) bond motifs is 1. The van der Waals surface area contributed by atoms with Crippen LogP contribution in [-0.2, 0) is 20.4 Å². The fourth-order valence-corrected chi connectivity index (χ4v) is 4.30. The maximum atomic E-state index is 13.2. The monoisotopic (exact) mass is 487 g/mol. The molecule has 4 rings (SSSR count). The molecular weight excluding hydrogens is 462 g/mol. The van der Waals surface area contributed by atoms with Gasteiger partial charge >= 0.3 is 6.03 Å². The van der Waals surface area contributed by atoms with Crippen LogP contribution in [-0.4, -0.2) is 64.1 Å². The Morgan fingerprint density at radius 2 is 1.74 bits per heavy atom. The van der Waals surface area contributed by atoms with Crippen LogP contribution in [0.5, 0.6) is 11.5 Å². The van der Waals surface area contributed by atoms with Crippen molar-refractivity contribution in [2.75, 3.05) is 37.4 Å². The normalized spacial score (nSPS) is 20.0. The van der Waals surface area contributed by atoms with Crippen LogP contribution in [0.4, 0.5) is 10.5 Å². The molecule has 2 aliphatic heterocycles. The lowest BCUT2D eigenvalue weighted by atomic mass is 9.91. The number of carbonyl (C=O) groups excluding carboxylic acids is 3. The van der Waals surface area contributed by atoms with E-state index in [9.17, 15) is 22.8 Å². The quantitative estimate of drug-likeness (QED) is 0.488. The Balaban J connectivity index is 1.52. The van der Waals surface area contributed by atoms with E-state index < -0.39 is 39.8 Å². The molecule has 11 heteroatoms. The highest BCUT2D eigenvalue weighted by atomic mass is 32.2. The highest BCUT2D eigenvalue weighted by molar-refractivity contribution is 7.92. The molecule has 2 heterocycles. The van der Waals surface area contributed by atoms with Crippen molar-refractivity contribution in [3.63, 3.8) is 0 Å². The summed E-state index contributed by atoms with van der Waals surface area (Å²) < 4.78 is 35.8. The summed E-state index contributed by atoms with van der Waals surface area (Å²) in [6.07, 6.45) is 1.81. The molecule has 0 aromatic heterocycles. The molecule has 0 bridgehead atoms. The Morgan fingerprint density at radius 3 is 2.38 bits per heavy atom. The minimum atomic E-state index is -3.44. The molecule has 180 valence electrons. The van der Waals surface area contributed by atoms with Crippen LogP contribution in [0.15, 0.2) is 42.5 Å². The average molecular weight is 488 g/mol. The molecule has 0 radical (unpaired) electrons. The van der Waals surface area contributed by atoms with Gasteiger partial charge in [0, 0.05) is 19.0 Å². The van der Waals surface area contributed by atoms with Gasteiger partial charge in [0.05, 0.1) is 31.7 Å². The molecule has 1 saturated heterocycles. The van der Waals surface area contributed by atoms with Crippen molar-refractivity contribution >= 4 is 33.4 Å². The Hall–Kier alpha value is -3.60. The number of nitrogens with one attached hydrogen (secondary N) is 1. The number of urea groups is 1. The number of benzene rings is 2. The maximum Gasteiger partial charge on any atom is 0.325 e. The largest absolute Gasteiger partial charge is 0.490 e. The minimum Gasteiger partial charge on any atom is -0.490 e. The average Bonchev–Trinajstić information content (AvgIpc) is 2.96. The zero-order valence-electron chi connectivity index (χ0n) is 19.0. The third-order valence-electron chi connectivity index (χ3n) is 5.95. The minimum absolute atomic E-state index is 0.246. The van der Waals surface area contributed by atoms with E-state index in [2.05, 4.69) is 5.32 Å². The van der Waals surface area contributed by atoms with E-state index in [1.54, 1.807) is 25.1 Å². The summed E-state index contributed by atoms with van der Waals surface area (Å²) in [7, 11) is -2.04. The first-order valence-corrected chi connectivity index (χ1v) is 12.5. The van der Waals surface area contributed by atoms with E-state index >= 15 is 0 Å². The lowest BCUT2D eigenvalue weighted by molar-refractivity contribution is -0.130. The second-order valence-electron chi connectivity index (χ2n) is 8.36. The van der Waals surface area contributed by atoms with E-state index in [4.69, 9.17) is 9.47 Å². The number of sulfonamides is 1. The van der Waals surface area contributed by atoms with E-state index in [-0.39, 0.29) is 5.56 Å².